The third-order valence-electron chi connectivity index (χ3n) is 13.7. The van der Waals surface area contributed by atoms with Crippen LogP contribution in [-0.2, 0) is 14.4 Å². The molecule has 0 aromatic heterocycles. The molecule has 3 N–H and O–H groups in total. The number of benzene rings is 3. The van der Waals surface area contributed by atoms with Gasteiger partial charge in [0.15, 0.2) is 0 Å². The van der Waals surface area contributed by atoms with Gasteiger partial charge >= 0.3 is 0 Å². The maximum Gasteiger partial charge on any atom is 0.252 e. The fourth-order valence-electron chi connectivity index (χ4n) is 8.95. The molecule has 8 nitrogen and oxygen atoms in total. The number of nitrogens with zero attached hydrogens (tertiary/aromatic N) is 2. The van der Waals surface area contributed by atoms with Crippen molar-refractivity contribution in [3.05, 3.63) is 172 Å². The largest absolute Gasteiger partial charge is 0.506 e. The van der Waals surface area contributed by atoms with Gasteiger partial charge in [0.05, 0.1) is 22.5 Å². The molecule has 8 heteroatoms. The van der Waals surface area contributed by atoms with Crippen LogP contribution in [0, 0.1) is 11.8 Å². The van der Waals surface area contributed by atoms with Crippen molar-refractivity contribution in [3.63, 3.8) is 0 Å². The number of anilines is 3. The first-order valence-corrected chi connectivity index (χ1v) is 24.2. The van der Waals surface area contributed by atoms with E-state index < -0.39 is 0 Å². The van der Waals surface area contributed by atoms with Crippen molar-refractivity contribution in [2.75, 3.05) is 23.3 Å². The minimum absolute atomic E-state index is 0.0722. The second kappa shape index (κ2) is 21.2. The van der Waals surface area contributed by atoms with Crippen LogP contribution < -0.4 is 15.5 Å². The molecule has 0 radical (unpaired) electrons. The summed E-state index contributed by atoms with van der Waals surface area (Å²) in [4.78, 5) is 44.8. The van der Waals surface area contributed by atoms with Gasteiger partial charge in [-0.3, -0.25) is 14.4 Å². The number of hydrogen-bond donors (Lipinski definition) is 3. The van der Waals surface area contributed by atoms with E-state index >= 15 is 0 Å². The van der Waals surface area contributed by atoms with E-state index in [0.717, 1.165) is 74.4 Å². The third-order valence-corrected chi connectivity index (χ3v) is 13.7. The molecule has 0 saturated heterocycles. The van der Waals surface area contributed by atoms with Gasteiger partial charge in [0.25, 0.3) is 11.8 Å². The molecule has 7 rings (SSSR count). The standard InChI is InChI=1S/C58H66N4O4/c1-9-13-33-61(43-25-21-41(22-26-43)37(5)11-3)45-29-31-49(51(35-45)59-57(65)47-19-15-17-39(47)7)53-55(63)54(56(53)64)50-32-30-46(36-52(50)60-58(66)48-20-16-18-40(48)8)62(34-14-10-2)44-27-23-42(24-28-44)38(6)12-4/h15-32,35-40H,9-14,33-34H2,1-8H3,(H2,59,60,63,64,65,66)/p+1. The Kier molecular flexibility index (Phi) is 15.2. The topological polar surface area (TPSA) is 102 Å². The molecular formula is C58H67N4O4+. The number of allylic oxidation sites excluding steroid dienone is 11. The normalized spacial score (nSPS) is 20.4. The van der Waals surface area contributed by atoms with Gasteiger partial charge in [-0.15, -0.1) is 0 Å². The van der Waals surface area contributed by atoms with Crippen LogP contribution >= 0.6 is 0 Å². The molecule has 4 aliphatic carbocycles. The summed E-state index contributed by atoms with van der Waals surface area (Å²) < 4.78 is 2.24. The summed E-state index contributed by atoms with van der Waals surface area (Å²) in [5, 5.41) is 18.4. The average Bonchev–Trinajstić information content (AvgIpc) is 3.98. The Morgan fingerprint density at radius 3 is 1.85 bits per heavy atom. The highest BCUT2D eigenvalue weighted by molar-refractivity contribution is 6.40. The first-order chi connectivity index (χ1) is 31.9. The highest BCUT2D eigenvalue weighted by Gasteiger charge is 2.40. The van der Waals surface area contributed by atoms with Crippen LogP contribution in [0.1, 0.15) is 122 Å². The minimum atomic E-state index is -0.379. The third kappa shape index (κ3) is 9.98. The van der Waals surface area contributed by atoms with Gasteiger partial charge in [0.2, 0.25) is 17.2 Å². The van der Waals surface area contributed by atoms with Crippen molar-refractivity contribution in [3.8, 4) is 0 Å². The van der Waals surface area contributed by atoms with Crippen LogP contribution in [0.15, 0.2) is 155 Å². The SMILES string of the molecule is CCCCN(c1ccc(C(C)CC)cc1)c1ccc(C2=C(O)/C(=C3C=C/C(=[N+](\CCCC)c4ccc(C(C)CC)cc4)C=C\3NC(=O)C3=CC=CC3C)C2=O)c(NC(=O)C2=CC=CC2C)c1. The molecule has 0 aliphatic heterocycles. The van der Waals surface area contributed by atoms with Crippen LogP contribution in [0.5, 0.6) is 0 Å². The van der Waals surface area contributed by atoms with Gasteiger partial charge in [-0.1, -0.05) is 129 Å². The van der Waals surface area contributed by atoms with Gasteiger partial charge in [0, 0.05) is 82.7 Å². The zero-order chi connectivity index (χ0) is 47.1. The average molecular weight is 884 g/mol. The van der Waals surface area contributed by atoms with Crippen molar-refractivity contribution in [2.45, 2.75) is 106 Å². The number of nitrogens with one attached hydrogen (secondary N) is 2. The van der Waals surface area contributed by atoms with Crippen molar-refractivity contribution in [1.82, 2.24) is 5.32 Å². The Balaban J connectivity index is 1.33. The monoisotopic (exact) mass is 884 g/mol. The molecule has 3 aromatic rings. The Morgan fingerprint density at radius 2 is 1.30 bits per heavy atom. The lowest BCUT2D eigenvalue weighted by Gasteiger charge is -2.29. The molecule has 2 amide bonds. The number of rotatable bonds is 18. The molecule has 0 spiro atoms. The van der Waals surface area contributed by atoms with E-state index in [4.69, 9.17) is 0 Å². The number of hydrogen-bond acceptors (Lipinski definition) is 5. The lowest BCUT2D eigenvalue weighted by Crippen LogP contribution is -2.32. The van der Waals surface area contributed by atoms with E-state index in [1.807, 2.05) is 86.7 Å². The Morgan fingerprint density at radius 1 is 0.727 bits per heavy atom. The van der Waals surface area contributed by atoms with E-state index in [1.165, 1.54) is 11.1 Å². The predicted molar refractivity (Wildman–Crippen MR) is 272 cm³/mol. The van der Waals surface area contributed by atoms with Crippen molar-refractivity contribution in [1.29, 1.82) is 0 Å². The van der Waals surface area contributed by atoms with Crippen molar-refractivity contribution in [2.24, 2.45) is 11.8 Å². The van der Waals surface area contributed by atoms with Crippen molar-refractivity contribution >= 4 is 51.6 Å². The summed E-state index contributed by atoms with van der Waals surface area (Å²) in [6, 6.07) is 23.1. The molecule has 0 saturated carbocycles. The summed E-state index contributed by atoms with van der Waals surface area (Å²) in [5.74, 6) is -0.362. The quantitative estimate of drug-likeness (QED) is 0.0872. The molecule has 4 unspecified atom stereocenters. The number of unbranched alkanes of at least 4 members (excludes halogenated alkanes) is 2. The van der Waals surface area contributed by atoms with Gasteiger partial charge in [-0.2, -0.15) is 4.58 Å². The lowest BCUT2D eigenvalue weighted by atomic mass is 9.78. The number of ketones is 1. The maximum atomic E-state index is 14.7. The molecule has 342 valence electrons. The Hall–Kier alpha value is -6.54. The highest BCUT2D eigenvalue weighted by atomic mass is 16.3. The summed E-state index contributed by atoms with van der Waals surface area (Å²) >= 11 is 0. The van der Waals surface area contributed by atoms with Gasteiger partial charge in [-0.05, 0) is 78.6 Å². The second-order valence-corrected chi connectivity index (χ2v) is 18.2. The fourth-order valence-corrected chi connectivity index (χ4v) is 8.95. The molecule has 0 heterocycles. The predicted octanol–water partition coefficient (Wildman–Crippen LogP) is 13.2. The number of Topliss-reactive ketones (excluding diaryl/α,β-unsaturated/α-hetero) is 1. The second-order valence-electron chi connectivity index (χ2n) is 18.2. The highest BCUT2D eigenvalue weighted by Crippen LogP contribution is 2.44. The Bertz CT molecular complexity index is 2650. The maximum absolute atomic E-state index is 14.7. The minimum Gasteiger partial charge on any atom is -0.506 e. The molecule has 66 heavy (non-hydrogen) atoms. The van der Waals surface area contributed by atoms with E-state index in [0.29, 0.717) is 45.5 Å². The zero-order valence-electron chi connectivity index (χ0n) is 40.1. The molecular weight excluding hydrogens is 817 g/mol. The number of carbonyl (C=O) groups is 3. The van der Waals surface area contributed by atoms with Crippen LogP contribution in [-0.4, -0.2) is 46.1 Å². The number of amides is 2. The summed E-state index contributed by atoms with van der Waals surface area (Å²) in [5.41, 5.74) is 9.48. The van der Waals surface area contributed by atoms with Crippen LogP contribution in [0.2, 0.25) is 0 Å². The Labute approximate surface area is 392 Å². The van der Waals surface area contributed by atoms with Gasteiger partial charge in [-0.25, -0.2) is 0 Å². The van der Waals surface area contributed by atoms with Crippen molar-refractivity contribution < 1.29 is 24.1 Å². The van der Waals surface area contributed by atoms with Gasteiger partial charge in [0.1, 0.15) is 12.3 Å². The number of aliphatic hydroxyl groups is 1. The lowest BCUT2D eigenvalue weighted by molar-refractivity contribution is -0.439. The van der Waals surface area contributed by atoms with Crippen LogP contribution in [0.3, 0.4) is 0 Å². The molecule has 4 aliphatic rings. The van der Waals surface area contributed by atoms with E-state index in [1.54, 1.807) is 0 Å². The number of aliphatic hydroxyl groups excluding tert-OH is 1. The van der Waals surface area contributed by atoms with E-state index in [-0.39, 0.29) is 46.3 Å². The molecule has 4 atom stereocenters. The van der Waals surface area contributed by atoms with Crippen LogP contribution in [0.4, 0.5) is 22.7 Å². The smallest absolute Gasteiger partial charge is 0.252 e. The molecule has 0 fully saturated rings. The van der Waals surface area contributed by atoms with E-state index in [2.05, 4.69) is 110 Å². The summed E-state index contributed by atoms with van der Waals surface area (Å²) in [6.45, 7) is 18.6. The van der Waals surface area contributed by atoms with Crippen LogP contribution in [0.25, 0.3) is 5.57 Å². The first kappa shape index (κ1) is 47.4. The zero-order valence-corrected chi connectivity index (χ0v) is 40.1. The number of carbonyl (C=O) groups excluding carboxylic acids is 3. The fraction of sp³-hybridized carbons (Fsp3) is 0.345. The first-order valence-electron chi connectivity index (χ1n) is 24.2. The molecule has 0 bridgehead atoms. The summed E-state index contributed by atoms with van der Waals surface area (Å²) in [6.07, 6.45) is 23.0. The molecule has 3 aromatic carbocycles. The van der Waals surface area contributed by atoms with Gasteiger partial charge < -0.3 is 20.6 Å². The van der Waals surface area contributed by atoms with E-state index in [9.17, 15) is 19.5 Å². The summed E-state index contributed by atoms with van der Waals surface area (Å²) in [7, 11) is 0.